The lowest BCUT2D eigenvalue weighted by molar-refractivity contribution is -0.115. The number of halogens is 2. The minimum Gasteiger partial charge on any atom is -0.300 e. The van der Waals surface area contributed by atoms with Crippen molar-refractivity contribution in [3.05, 3.63) is 69.6 Å². The van der Waals surface area contributed by atoms with Gasteiger partial charge in [0.1, 0.15) is 0 Å². The molecule has 1 N–H and O–H groups in total. The Labute approximate surface area is 142 Å². The Hall–Kier alpha value is -2.47. The molecule has 24 heavy (non-hydrogen) atoms. The van der Waals surface area contributed by atoms with E-state index in [4.69, 9.17) is 0 Å². The zero-order valence-electron chi connectivity index (χ0n) is 13.1. The van der Waals surface area contributed by atoms with Gasteiger partial charge in [-0.3, -0.25) is 4.79 Å². The van der Waals surface area contributed by atoms with Crippen LogP contribution in [0.4, 0.5) is 14.5 Å². The smallest absolute Gasteiger partial charge is 0.264 e. The monoisotopic (exact) mass is 344 g/mol. The van der Waals surface area contributed by atoms with Crippen LogP contribution in [0.5, 0.6) is 0 Å². The van der Waals surface area contributed by atoms with Crippen molar-refractivity contribution < 1.29 is 13.6 Å². The molecule has 0 radical (unpaired) electrons. The van der Waals surface area contributed by atoms with Gasteiger partial charge >= 0.3 is 0 Å². The van der Waals surface area contributed by atoms with E-state index in [2.05, 4.69) is 10.3 Å². The number of thioether (sulfide) groups is 1. The molecule has 0 spiro atoms. The van der Waals surface area contributed by atoms with E-state index in [0.717, 1.165) is 34.6 Å². The largest absolute Gasteiger partial charge is 0.300 e. The molecule has 1 amide bonds. The van der Waals surface area contributed by atoms with E-state index in [0.29, 0.717) is 5.17 Å². The highest BCUT2D eigenvalue weighted by Gasteiger charge is 2.24. The fourth-order valence-corrected chi connectivity index (χ4v) is 3.16. The third-order valence-corrected chi connectivity index (χ3v) is 4.48. The van der Waals surface area contributed by atoms with Crippen molar-refractivity contribution >= 4 is 34.6 Å². The lowest BCUT2D eigenvalue weighted by Crippen LogP contribution is -2.19. The number of carbonyl (C=O) groups is 1. The van der Waals surface area contributed by atoms with Crippen molar-refractivity contribution in [2.75, 3.05) is 0 Å². The van der Waals surface area contributed by atoms with Gasteiger partial charge in [0.2, 0.25) is 0 Å². The Bertz CT molecular complexity index is 870. The van der Waals surface area contributed by atoms with Crippen molar-refractivity contribution in [3.8, 4) is 0 Å². The third kappa shape index (κ3) is 3.23. The van der Waals surface area contributed by atoms with Crippen molar-refractivity contribution in [1.82, 2.24) is 5.32 Å². The van der Waals surface area contributed by atoms with Crippen LogP contribution >= 0.6 is 11.8 Å². The summed E-state index contributed by atoms with van der Waals surface area (Å²) in [5, 5.41) is 3.07. The summed E-state index contributed by atoms with van der Waals surface area (Å²) in [5.41, 5.74) is 2.80. The van der Waals surface area contributed by atoms with E-state index in [9.17, 15) is 13.6 Å². The molecule has 0 atom stereocenters. The van der Waals surface area contributed by atoms with Crippen LogP contribution in [-0.2, 0) is 4.79 Å². The van der Waals surface area contributed by atoms with Gasteiger partial charge in [-0.05, 0) is 48.9 Å². The Morgan fingerprint density at radius 3 is 2.46 bits per heavy atom. The Kier molecular flexibility index (Phi) is 4.49. The topological polar surface area (TPSA) is 41.5 Å². The molecule has 6 heteroatoms. The number of amides is 1. The molecule has 3 rings (SSSR count). The predicted octanol–water partition coefficient (Wildman–Crippen LogP) is 4.47. The van der Waals surface area contributed by atoms with Crippen LogP contribution in [0.25, 0.3) is 6.08 Å². The maximum atomic E-state index is 13.7. The van der Waals surface area contributed by atoms with Crippen molar-refractivity contribution in [2.24, 2.45) is 4.99 Å². The number of hydrogen-bond acceptors (Lipinski definition) is 3. The van der Waals surface area contributed by atoms with Gasteiger partial charge in [-0.25, -0.2) is 13.8 Å². The van der Waals surface area contributed by atoms with Crippen LogP contribution in [0.3, 0.4) is 0 Å². The van der Waals surface area contributed by atoms with E-state index in [-0.39, 0.29) is 16.4 Å². The molecule has 2 aromatic rings. The second-order valence-corrected chi connectivity index (χ2v) is 6.40. The molecule has 0 saturated carbocycles. The Morgan fingerprint density at radius 2 is 1.75 bits per heavy atom. The highest BCUT2D eigenvalue weighted by molar-refractivity contribution is 8.18. The molecular formula is C18H14F2N2OS. The molecule has 0 aliphatic carbocycles. The summed E-state index contributed by atoms with van der Waals surface area (Å²) in [5.74, 6) is -2.30. The lowest BCUT2D eigenvalue weighted by Gasteiger charge is -2.04. The van der Waals surface area contributed by atoms with Crippen LogP contribution in [-0.4, -0.2) is 11.1 Å². The highest BCUT2D eigenvalue weighted by atomic mass is 32.2. The molecule has 122 valence electrons. The zero-order valence-corrected chi connectivity index (χ0v) is 13.9. The van der Waals surface area contributed by atoms with E-state index in [1.807, 2.05) is 32.0 Å². The van der Waals surface area contributed by atoms with E-state index in [1.54, 1.807) is 0 Å². The summed E-state index contributed by atoms with van der Waals surface area (Å²) in [6.45, 7) is 3.87. The molecule has 2 aromatic carbocycles. The lowest BCUT2D eigenvalue weighted by atomic mass is 10.1. The van der Waals surface area contributed by atoms with Gasteiger partial charge in [-0.1, -0.05) is 30.3 Å². The summed E-state index contributed by atoms with van der Waals surface area (Å²) in [6, 6.07) is 9.66. The molecule has 3 nitrogen and oxygen atoms in total. The molecule has 0 bridgehead atoms. The summed E-state index contributed by atoms with van der Waals surface area (Å²) >= 11 is 1.10. The maximum absolute atomic E-state index is 13.7. The fourth-order valence-electron chi connectivity index (χ4n) is 2.34. The van der Waals surface area contributed by atoms with E-state index < -0.39 is 11.6 Å². The second kappa shape index (κ2) is 6.57. The molecule has 0 unspecified atom stereocenters. The highest BCUT2D eigenvalue weighted by Crippen LogP contribution is 2.31. The summed E-state index contributed by atoms with van der Waals surface area (Å²) in [7, 11) is 0. The van der Waals surface area contributed by atoms with Crippen LogP contribution in [0, 0.1) is 25.5 Å². The van der Waals surface area contributed by atoms with Gasteiger partial charge in [0.05, 0.1) is 10.6 Å². The summed E-state index contributed by atoms with van der Waals surface area (Å²) < 4.78 is 27.0. The quantitative estimate of drug-likeness (QED) is 0.817. The number of nitrogens with one attached hydrogen (secondary N) is 1. The number of rotatable bonds is 2. The number of para-hydroxylation sites is 1. The maximum Gasteiger partial charge on any atom is 0.264 e. The second-order valence-electron chi connectivity index (χ2n) is 5.37. The number of hydrogen-bond donors (Lipinski definition) is 1. The average molecular weight is 344 g/mol. The number of aliphatic imine (C=N–C) groups is 1. The van der Waals surface area contributed by atoms with Crippen molar-refractivity contribution in [1.29, 1.82) is 0 Å². The number of benzene rings is 2. The van der Waals surface area contributed by atoms with Crippen molar-refractivity contribution in [2.45, 2.75) is 13.8 Å². The first-order valence-electron chi connectivity index (χ1n) is 7.25. The van der Waals surface area contributed by atoms with Gasteiger partial charge in [-0.2, -0.15) is 0 Å². The van der Waals surface area contributed by atoms with Gasteiger partial charge in [0, 0.05) is 5.56 Å². The molecule has 1 heterocycles. The summed E-state index contributed by atoms with van der Waals surface area (Å²) in [4.78, 5) is 16.8. The normalized spacial score (nSPS) is 17.6. The zero-order chi connectivity index (χ0) is 17.3. The minimum atomic E-state index is -0.974. The van der Waals surface area contributed by atoms with Crippen LogP contribution in [0.1, 0.15) is 16.7 Å². The van der Waals surface area contributed by atoms with Crippen LogP contribution < -0.4 is 5.32 Å². The van der Waals surface area contributed by atoms with Crippen molar-refractivity contribution in [3.63, 3.8) is 0 Å². The molecular weight excluding hydrogens is 330 g/mol. The van der Waals surface area contributed by atoms with Gasteiger partial charge in [-0.15, -0.1) is 0 Å². The molecule has 1 aliphatic rings. The number of nitrogens with zero attached hydrogens (tertiary/aromatic N) is 1. The standard InChI is InChI=1S/C18H14F2N2OS/c1-10-5-3-6-11(2)16(10)21-18-22-17(23)14(24-18)9-12-7-4-8-13(19)15(12)20/h3-9H,1-2H3,(H,21,22,23). The first-order valence-corrected chi connectivity index (χ1v) is 8.07. The average Bonchev–Trinajstić information content (AvgIpc) is 2.88. The number of carbonyl (C=O) groups excluding carboxylic acids is 1. The molecule has 1 fully saturated rings. The Morgan fingerprint density at radius 1 is 1.08 bits per heavy atom. The third-order valence-electron chi connectivity index (χ3n) is 3.57. The van der Waals surface area contributed by atoms with Gasteiger partial charge in [0.15, 0.2) is 16.8 Å². The first-order chi connectivity index (χ1) is 11.5. The van der Waals surface area contributed by atoms with Gasteiger partial charge in [0.25, 0.3) is 5.91 Å². The predicted molar refractivity (Wildman–Crippen MR) is 93.1 cm³/mol. The number of aryl methyl sites for hydroxylation is 2. The Balaban J connectivity index is 1.93. The van der Waals surface area contributed by atoms with E-state index >= 15 is 0 Å². The van der Waals surface area contributed by atoms with Gasteiger partial charge < -0.3 is 5.32 Å². The first kappa shape index (κ1) is 16.4. The van der Waals surface area contributed by atoms with Crippen LogP contribution in [0.15, 0.2) is 46.3 Å². The molecule has 1 saturated heterocycles. The SMILES string of the molecule is Cc1cccc(C)c1N=C1NC(=O)C(=Cc2cccc(F)c2F)S1. The fraction of sp³-hybridized carbons (Fsp3) is 0.111. The molecule has 1 aliphatic heterocycles. The minimum absolute atomic E-state index is 0.0287. The van der Waals surface area contributed by atoms with Crippen LogP contribution in [0.2, 0.25) is 0 Å². The van der Waals surface area contributed by atoms with E-state index in [1.165, 1.54) is 18.2 Å². The molecule has 0 aromatic heterocycles. The number of amidine groups is 1. The summed E-state index contributed by atoms with van der Waals surface area (Å²) in [6.07, 6.45) is 1.33.